The third kappa shape index (κ3) is 6.89. The highest BCUT2D eigenvalue weighted by Crippen LogP contribution is 2.32. The molecule has 6 nitrogen and oxygen atoms in total. The molecule has 0 aromatic carbocycles. The van der Waals surface area contributed by atoms with Crippen molar-refractivity contribution in [1.82, 2.24) is 4.98 Å². The number of ether oxygens (including phenoxy) is 1. The molecule has 0 aliphatic heterocycles. The van der Waals surface area contributed by atoms with Crippen LogP contribution >= 0.6 is 0 Å². The number of anilines is 2. The molecule has 146 valence electrons. The summed E-state index contributed by atoms with van der Waals surface area (Å²) in [5, 5.41) is 5.26. The van der Waals surface area contributed by atoms with Crippen LogP contribution in [0.4, 0.5) is 24.5 Å². The number of halogens is 3. The molecule has 26 heavy (non-hydrogen) atoms. The Labute approximate surface area is 150 Å². The van der Waals surface area contributed by atoms with E-state index in [0.29, 0.717) is 6.54 Å². The van der Waals surface area contributed by atoms with E-state index in [9.17, 15) is 22.8 Å². The van der Waals surface area contributed by atoms with E-state index < -0.39 is 35.3 Å². The molecule has 9 heteroatoms. The lowest BCUT2D eigenvalue weighted by molar-refractivity contribution is -0.156. The molecule has 1 atom stereocenters. The van der Waals surface area contributed by atoms with Crippen LogP contribution in [0, 0.1) is 5.92 Å². The largest absolute Gasteiger partial charge is 0.460 e. The van der Waals surface area contributed by atoms with Gasteiger partial charge in [-0.15, -0.1) is 0 Å². The standard InChI is InChI=1S/C17H24F3N3O3/c1-6-21-11-8-13(17(18,19)20)22-9-12(11)23-15(25)10(2)7-14(24)26-16(3,4)5/h8-10H,6-7H2,1-5H3,(H,21,22)(H,23,25)/t10-/m0/s1. The summed E-state index contributed by atoms with van der Waals surface area (Å²) in [4.78, 5) is 27.4. The second-order valence-electron chi connectivity index (χ2n) is 6.82. The third-order valence-electron chi connectivity index (χ3n) is 3.16. The molecule has 1 aromatic heterocycles. The van der Waals surface area contributed by atoms with Gasteiger partial charge in [-0.2, -0.15) is 13.2 Å². The van der Waals surface area contributed by atoms with Crippen molar-refractivity contribution in [3.05, 3.63) is 18.0 Å². The number of aromatic nitrogens is 1. The predicted molar refractivity (Wildman–Crippen MR) is 91.7 cm³/mol. The highest BCUT2D eigenvalue weighted by molar-refractivity contribution is 5.96. The number of hydrogen-bond donors (Lipinski definition) is 2. The van der Waals surface area contributed by atoms with Gasteiger partial charge in [0.1, 0.15) is 11.3 Å². The smallest absolute Gasteiger partial charge is 0.433 e. The Kier molecular flexibility index (Phi) is 7.00. The van der Waals surface area contributed by atoms with Crippen LogP contribution in [-0.2, 0) is 20.5 Å². The molecule has 0 bridgehead atoms. The molecule has 1 rings (SSSR count). The van der Waals surface area contributed by atoms with Gasteiger partial charge < -0.3 is 15.4 Å². The first-order valence-corrected chi connectivity index (χ1v) is 8.17. The van der Waals surface area contributed by atoms with Gasteiger partial charge in [0, 0.05) is 12.5 Å². The molecule has 0 fully saturated rings. The molecule has 1 heterocycles. The molecule has 0 radical (unpaired) electrons. The second-order valence-corrected chi connectivity index (χ2v) is 6.82. The summed E-state index contributed by atoms with van der Waals surface area (Å²) in [6.45, 7) is 8.75. The Bertz CT molecular complexity index is 655. The van der Waals surface area contributed by atoms with Gasteiger partial charge in [0.2, 0.25) is 5.91 Å². The van der Waals surface area contributed by atoms with Gasteiger partial charge >= 0.3 is 12.1 Å². The number of esters is 1. The summed E-state index contributed by atoms with van der Waals surface area (Å²) in [6, 6.07) is 0.831. The van der Waals surface area contributed by atoms with Gasteiger partial charge in [-0.1, -0.05) is 6.92 Å². The van der Waals surface area contributed by atoms with E-state index in [-0.39, 0.29) is 17.8 Å². The van der Waals surface area contributed by atoms with Gasteiger partial charge in [-0.3, -0.25) is 9.59 Å². The van der Waals surface area contributed by atoms with Gasteiger partial charge in [-0.05, 0) is 33.8 Å². The van der Waals surface area contributed by atoms with Gasteiger partial charge in [-0.25, -0.2) is 4.98 Å². The fourth-order valence-electron chi connectivity index (χ4n) is 2.03. The summed E-state index contributed by atoms with van der Waals surface area (Å²) < 4.78 is 43.5. The zero-order chi connectivity index (χ0) is 20.1. The summed E-state index contributed by atoms with van der Waals surface area (Å²) in [5.74, 6) is -1.77. The van der Waals surface area contributed by atoms with Crippen LogP contribution in [0.15, 0.2) is 12.3 Å². The van der Waals surface area contributed by atoms with Crippen LogP contribution in [0.1, 0.15) is 46.7 Å². The first kappa shape index (κ1) is 21.7. The Morgan fingerprint density at radius 1 is 1.23 bits per heavy atom. The number of nitrogens with one attached hydrogen (secondary N) is 2. The van der Waals surface area contributed by atoms with Crippen LogP contribution in [-0.4, -0.2) is 29.0 Å². The van der Waals surface area contributed by atoms with Crippen molar-refractivity contribution >= 4 is 23.3 Å². The minimum absolute atomic E-state index is 0.104. The van der Waals surface area contributed by atoms with E-state index >= 15 is 0 Å². The van der Waals surface area contributed by atoms with Crippen molar-refractivity contribution in [2.45, 2.75) is 52.8 Å². The quantitative estimate of drug-likeness (QED) is 0.739. The van der Waals surface area contributed by atoms with Gasteiger partial charge in [0.15, 0.2) is 0 Å². The van der Waals surface area contributed by atoms with Crippen LogP contribution in [0.25, 0.3) is 0 Å². The van der Waals surface area contributed by atoms with Gasteiger partial charge in [0.05, 0.1) is 24.0 Å². The third-order valence-corrected chi connectivity index (χ3v) is 3.16. The molecule has 0 aliphatic rings. The maximum Gasteiger partial charge on any atom is 0.433 e. The zero-order valence-corrected chi connectivity index (χ0v) is 15.5. The molecular formula is C17H24F3N3O3. The van der Waals surface area contributed by atoms with Crippen LogP contribution in [0.3, 0.4) is 0 Å². The highest BCUT2D eigenvalue weighted by atomic mass is 19.4. The Balaban J connectivity index is 2.86. The molecular weight excluding hydrogens is 351 g/mol. The number of carbonyl (C=O) groups is 2. The lowest BCUT2D eigenvalue weighted by Gasteiger charge is -2.21. The van der Waals surface area contributed by atoms with Crippen molar-refractivity contribution < 1.29 is 27.5 Å². The van der Waals surface area contributed by atoms with E-state index in [0.717, 1.165) is 12.3 Å². The van der Waals surface area contributed by atoms with Crippen LogP contribution < -0.4 is 10.6 Å². The molecule has 1 aromatic rings. The topological polar surface area (TPSA) is 80.3 Å². The molecule has 0 saturated heterocycles. The van der Waals surface area contributed by atoms with Crippen molar-refractivity contribution in [1.29, 1.82) is 0 Å². The molecule has 1 amide bonds. The Morgan fingerprint density at radius 3 is 2.35 bits per heavy atom. The Hall–Kier alpha value is -2.32. The molecule has 0 spiro atoms. The fraction of sp³-hybridized carbons (Fsp3) is 0.588. The average molecular weight is 375 g/mol. The van der Waals surface area contributed by atoms with E-state index in [1.807, 2.05) is 0 Å². The first-order chi connectivity index (χ1) is 11.8. The zero-order valence-electron chi connectivity index (χ0n) is 15.5. The number of carbonyl (C=O) groups excluding carboxylic acids is 2. The maximum atomic E-state index is 12.8. The second kappa shape index (κ2) is 8.37. The summed E-state index contributed by atoms with van der Waals surface area (Å²) >= 11 is 0. The molecule has 0 unspecified atom stereocenters. The molecule has 0 saturated carbocycles. The number of pyridine rings is 1. The number of rotatable bonds is 6. The van der Waals surface area contributed by atoms with Crippen molar-refractivity contribution in [2.75, 3.05) is 17.2 Å². The number of amides is 1. The normalized spacial score (nSPS) is 13.1. The van der Waals surface area contributed by atoms with Crippen molar-refractivity contribution in [3.8, 4) is 0 Å². The van der Waals surface area contributed by atoms with E-state index in [4.69, 9.17) is 4.74 Å². The van der Waals surface area contributed by atoms with Crippen molar-refractivity contribution in [3.63, 3.8) is 0 Å². The lowest BCUT2D eigenvalue weighted by atomic mass is 10.1. The van der Waals surface area contributed by atoms with E-state index in [2.05, 4.69) is 15.6 Å². The summed E-state index contributed by atoms with van der Waals surface area (Å²) in [7, 11) is 0. The predicted octanol–water partition coefficient (Wildman–Crippen LogP) is 3.84. The first-order valence-electron chi connectivity index (χ1n) is 8.17. The number of alkyl halides is 3. The monoisotopic (exact) mass is 375 g/mol. The number of nitrogens with zero attached hydrogens (tertiary/aromatic N) is 1. The van der Waals surface area contributed by atoms with E-state index in [1.54, 1.807) is 27.7 Å². The molecule has 2 N–H and O–H groups in total. The SMILES string of the molecule is CCNc1cc(C(F)(F)F)ncc1NC(=O)[C@@H](C)CC(=O)OC(C)(C)C. The Morgan fingerprint density at radius 2 is 1.85 bits per heavy atom. The maximum absolute atomic E-state index is 12.8. The highest BCUT2D eigenvalue weighted by Gasteiger charge is 2.33. The average Bonchev–Trinajstić information content (AvgIpc) is 2.45. The lowest BCUT2D eigenvalue weighted by Crippen LogP contribution is -2.28. The summed E-state index contributed by atoms with van der Waals surface area (Å²) in [6.07, 6.45) is -3.79. The molecule has 0 aliphatic carbocycles. The minimum Gasteiger partial charge on any atom is -0.460 e. The number of hydrogen-bond acceptors (Lipinski definition) is 5. The van der Waals surface area contributed by atoms with Crippen LogP contribution in [0.5, 0.6) is 0 Å². The minimum atomic E-state index is -4.59. The van der Waals surface area contributed by atoms with Crippen LogP contribution in [0.2, 0.25) is 0 Å². The summed E-state index contributed by atoms with van der Waals surface area (Å²) in [5.41, 5.74) is -1.51. The fourth-order valence-corrected chi connectivity index (χ4v) is 2.03. The van der Waals surface area contributed by atoms with Crippen molar-refractivity contribution in [2.24, 2.45) is 5.92 Å². The van der Waals surface area contributed by atoms with E-state index in [1.165, 1.54) is 6.92 Å². The van der Waals surface area contributed by atoms with Gasteiger partial charge in [0.25, 0.3) is 0 Å².